The van der Waals surface area contributed by atoms with Gasteiger partial charge in [-0.05, 0) is 69.1 Å². The van der Waals surface area contributed by atoms with Crippen molar-refractivity contribution in [1.29, 1.82) is 0 Å². The van der Waals surface area contributed by atoms with Crippen molar-refractivity contribution in [2.24, 2.45) is 18.9 Å². The molecule has 3 atom stereocenters. The average molecular weight is 456 g/mol. The smallest absolute Gasteiger partial charge is 0.410 e. The lowest BCUT2D eigenvalue weighted by atomic mass is 9.87. The van der Waals surface area contributed by atoms with Crippen LogP contribution in [0.4, 0.5) is 4.79 Å². The number of hydrogen-bond acceptors (Lipinski definition) is 5. The van der Waals surface area contributed by atoms with E-state index in [0.29, 0.717) is 12.3 Å². The van der Waals surface area contributed by atoms with Gasteiger partial charge in [-0.1, -0.05) is 12.1 Å². The van der Waals surface area contributed by atoms with Gasteiger partial charge in [0.05, 0.1) is 23.9 Å². The third kappa shape index (κ3) is 5.49. The number of carboxylic acids is 1. The van der Waals surface area contributed by atoms with Crippen molar-refractivity contribution < 1.29 is 24.2 Å². The van der Waals surface area contributed by atoms with E-state index in [-0.39, 0.29) is 30.8 Å². The lowest BCUT2D eigenvalue weighted by Crippen LogP contribution is -2.36. The van der Waals surface area contributed by atoms with E-state index in [0.717, 1.165) is 41.8 Å². The van der Waals surface area contributed by atoms with E-state index >= 15 is 0 Å². The molecule has 2 aliphatic carbocycles. The van der Waals surface area contributed by atoms with Crippen LogP contribution in [0, 0.1) is 11.8 Å². The van der Waals surface area contributed by atoms with Gasteiger partial charge in [0.15, 0.2) is 0 Å². The van der Waals surface area contributed by atoms with Crippen LogP contribution < -0.4 is 4.74 Å². The zero-order valence-corrected chi connectivity index (χ0v) is 19.6. The maximum atomic E-state index is 12.5. The molecule has 2 fully saturated rings. The van der Waals surface area contributed by atoms with Crippen LogP contribution in [-0.2, 0) is 23.2 Å². The van der Waals surface area contributed by atoms with Gasteiger partial charge in [-0.25, -0.2) is 4.79 Å². The summed E-state index contributed by atoms with van der Waals surface area (Å²) in [5.41, 5.74) is 2.67. The molecule has 33 heavy (non-hydrogen) atoms. The van der Waals surface area contributed by atoms with Crippen LogP contribution in [0.25, 0.3) is 11.1 Å². The number of ether oxygens (including phenoxy) is 2. The van der Waals surface area contributed by atoms with Gasteiger partial charge in [0, 0.05) is 25.7 Å². The summed E-state index contributed by atoms with van der Waals surface area (Å²) < 4.78 is 13.4. The highest BCUT2D eigenvalue weighted by Gasteiger charge is 2.33. The van der Waals surface area contributed by atoms with Crippen LogP contribution in [0.1, 0.15) is 51.1 Å². The quantitative estimate of drug-likeness (QED) is 0.631. The molecule has 178 valence electrons. The highest BCUT2D eigenvalue weighted by atomic mass is 16.6. The number of hydrogen-bond donors (Lipinski definition) is 1. The number of aromatic nitrogens is 2. The molecule has 0 unspecified atom stereocenters. The number of carboxylic acid groups (broad SMARTS) is 1. The second kappa shape index (κ2) is 9.85. The lowest BCUT2D eigenvalue weighted by Gasteiger charge is -2.27. The molecule has 0 aliphatic heterocycles. The first-order valence-electron chi connectivity index (χ1n) is 11.7. The zero-order valence-electron chi connectivity index (χ0n) is 19.6. The SMILES string of the molecule is C[C@H](C1CC1)N(C)C(=O)OCc1c(-c2ccc(O[C@H]3CCC[C@H](C(=O)O)C3)cc2)cnn1C. The van der Waals surface area contributed by atoms with Gasteiger partial charge in [-0.3, -0.25) is 9.48 Å². The molecule has 1 amide bonds. The fourth-order valence-corrected chi connectivity index (χ4v) is 4.55. The van der Waals surface area contributed by atoms with Crippen LogP contribution in [0.15, 0.2) is 30.5 Å². The van der Waals surface area contributed by atoms with Crippen LogP contribution in [-0.4, -0.2) is 51.0 Å². The molecule has 2 aliphatic rings. The molecule has 8 nitrogen and oxygen atoms in total. The Morgan fingerprint density at radius 1 is 1.21 bits per heavy atom. The number of carbonyl (C=O) groups is 2. The summed E-state index contributed by atoms with van der Waals surface area (Å²) in [6.45, 7) is 2.20. The Hall–Kier alpha value is -3.03. The van der Waals surface area contributed by atoms with Crippen LogP contribution in [0.5, 0.6) is 5.75 Å². The maximum absolute atomic E-state index is 12.5. The van der Waals surface area contributed by atoms with Crippen molar-refractivity contribution in [2.75, 3.05) is 7.05 Å². The summed E-state index contributed by atoms with van der Waals surface area (Å²) in [6.07, 6.45) is 6.72. The molecule has 1 N–H and O–H groups in total. The third-order valence-electron chi connectivity index (χ3n) is 7.04. The fraction of sp³-hybridized carbons (Fsp3) is 0.560. The first-order chi connectivity index (χ1) is 15.8. The van der Waals surface area contributed by atoms with Crippen molar-refractivity contribution in [2.45, 2.75) is 64.2 Å². The largest absolute Gasteiger partial charge is 0.490 e. The van der Waals surface area contributed by atoms with E-state index in [1.807, 2.05) is 31.3 Å². The standard InChI is InChI=1S/C25H33N3O5/c1-16(17-7-8-17)27(2)25(31)32-15-23-22(14-26-28(23)3)18-9-11-20(12-10-18)33-21-6-4-5-19(13-21)24(29)30/h9-12,14,16-17,19,21H,4-8,13,15H2,1-3H3,(H,29,30)/t16-,19+,21+/m1/s1. The van der Waals surface area contributed by atoms with E-state index in [9.17, 15) is 14.7 Å². The summed E-state index contributed by atoms with van der Waals surface area (Å²) in [7, 11) is 3.63. The highest BCUT2D eigenvalue weighted by Crippen LogP contribution is 2.35. The second-order valence-corrected chi connectivity index (χ2v) is 9.34. The maximum Gasteiger partial charge on any atom is 0.410 e. The van der Waals surface area contributed by atoms with Crippen molar-refractivity contribution in [3.05, 3.63) is 36.2 Å². The summed E-state index contributed by atoms with van der Waals surface area (Å²) in [4.78, 5) is 25.5. The number of nitrogens with zero attached hydrogens (tertiary/aromatic N) is 3. The van der Waals surface area contributed by atoms with E-state index < -0.39 is 5.97 Å². The topological polar surface area (TPSA) is 93.9 Å². The molecule has 1 heterocycles. The molecule has 0 bridgehead atoms. The van der Waals surface area contributed by atoms with E-state index in [1.165, 1.54) is 12.8 Å². The normalized spacial score (nSPS) is 21.3. The van der Waals surface area contributed by atoms with Gasteiger partial charge < -0.3 is 19.5 Å². The molecular formula is C25H33N3O5. The van der Waals surface area contributed by atoms with Crippen molar-refractivity contribution in [1.82, 2.24) is 14.7 Å². The Bertz CT molecular complexity index is 982. The van der Waals surface area contributed by atoms with Gasteiger partial charge in [0.2, 0.25) is 0 Å². The van der Waals surface area contributed by atoms with Crippen LogP contribution in [0.3, 0.4) is 0 Å². The average Bonchev–Trinajstić information content (AvgIpc) is 3.60. The monoisotopic (exact) mass is 455 g/mol. The van der Waals surface area contributed by atoms with Gasteiger partial charge in [0.1, 0.15) is 12.4 Å². The highest BCUT2D eigenvalue weighted by molar-refractivity contribution is 5.70. The summed E-state index contributed by atoms with van der Waals surface area (Å²) in [5.74, 6) is 0.244. The predicted octanol–water partition coefficient (Wildman–Crippen LogP) is 4.48. The Morgan fingerprint density at radius 3 is 2.61 bits per heavy atom. The number of amides is 1. The predicted molar refractivity (Wildman–Crippen MR) is 123 cm³/mol. The molecular weight excluding hydrogens is 422 g/mol. The summed E-state index contributed by atoms with van der Waals surface area (Å²) in [6, 6.07) is 7.89. The molecule has 4 rings (SSSR count). The van der Waals surface area contributed by atoms with Crippen molar-refractivity contribution in [3.8, 4) is 16.9 Å². The molecule has 0 saturated heterocycles. The third-order valence-corrected chi connectivity index (χ3v) is 7.04. The Balaban J connectivity index is 1.38. The van der Waals surface area contributed by atoms with Gasteiger partial charge >= 0.3 is 12.1 Å². The molecule has 2 saturated carbocycles. The minimum atomic E-state index is -0.739. The second-order valence-electron chi connectivity index (χ2n) is 9.34. The summed E-state index contributed by atoms with van der Waals surface area (Å²) in [5, 5.41) is 13.6. The van der Waals surface area contributed by atoms with Crippen LogP contribution >= 0.6 is 0 Å². The summed E-state index contributed by atoms with van der Waals surface area (Å²) >= 11 is 0. The zero-order chi connectivity index (χ0) is 23.5. The molecule has 0 spiro atoms. The van der Waals surface area contributed by atoms with E-state index in [2.05, 4.69) is 12.0 Å². The fourth-order valence-electron chi connectivity index (χ4n) is 4.55. The minimum Gasteiger partial charge on any atom is -0.490 e. The van der Waals surface area contributed by atoms with Crippen LogP contribution in [0.2, 0.25) is 0 Å². The number of benzene rings is 1. The number of aliphatic carboxylic acids is 1. The van der Waals surface area contributed by atoms with E-state index in [4.69, 9.17) is 9.47 Å². The number of rotatable bonds is 8. The number of aryl methyl sites for hydroxylation is 1. The molecule has 0 radical (unpaired) electrons. The lowest BCUT2D eigenvalue weighted by molar-refractivity contribution is -0.143. The van der Waals surface area contributed by atoms with Gasteiger partial charge in [0.25, 0.3) is 0 Å². The van der Waals surface area contributed by atoms with Crippen molar-refractivity contribution >= 4 is 12.1 Å². The Morgan fingerprint density at radius 2 is 1.94 bits per heavy atom. The Labute approximate surface area is 194 Å². The first-order valence-corrected chi connectivity index (χ1v) is 11.7. The molecule has 1 aromatic carbocycles. The Kier molecular flexibility index (Phi) is 6.91. The minimum absolute atomic E-state index is 0.0749. The molecule has 1 aromatic heterocycles. The molecule has 8 heteroatoms. The van der Waals surface area contributed by atoms with Gasteiger partial charge in [-0.2, -0.15) is 5.10 Å². The number of carbonyl (C=O) groups excluding carboxylic acids is 1. The van der Waals surface area contributed by atoms with Gasteiger partial charge in [-0.15, -0.1) is 0 Å². The van der Waals surface area contributed by atoms with E-state index in [1.54, 1.807) is 22.8 Å². The molecule has 2 aromatic rings. The first kappa shape index (κ1) is 23.1. The van der Waals surface area contributed by atoms with Crippen molar-refractivity contribution in [3.63, 3.8) is 0 Å².